The topological polar surface area (TPSA) is 49.7 Å². The van der Waals surface area contributed by atoms with Crippen LogP contribution in [0.2, 0.25) is 0 Å². The number of likely N-dealkylation sites (N-methyl/N-ethyl adjacent to an activating group) is 1. The van der Waals surface area contributed by atoms with Crippen molar-refractivity contribution in [3.8, 4) is 11.5 Å². The van der Waals surface area contributed by atoms with Crippen LogP contribution in [0.5, 0.6) is 11.5 Å². The number of hydrogen-bond acceptors (Lipinski definition) is 6. The van der Waals surface area contributed by atoms with E-state index in [1.807, 2.05) is 32.6 Å². The quantitative estimate of drug-likeness (QED) is 0.821. The fourth-order valence-corrected chi connectivity index (χ4v) is 2.45. The van der Waals surface area contributed by atoms with Crippen LogP contribution in [0, 0.1) is 0 Å². The maximum absolute atomic E-state index is 5.82. The molecule has 0 spiro atoms. The van der Waals surface area contributed by atoms with Crippen molar-refractivity contribution < 1.29 is 9.47 Å². The molecule has 21 heavy (non-hydrogen) atoms. The van der Waals surface area contributed by atoms with Gasteiger partial charge in [-0.2, -0.15) is 0 Å². The molecule has 0 atom stereocenters. The van der Waals surface area contributed by atoms with Crippen molar-refractivity contribution in [3.05, 3.63) is 17.7 Å². The third-order valence-electron chi connectivity index (χ3n) is 3.54. The van der Waals surface area contributed by atoms with E-state index in [0.717, 1.165) is 42.5 Å². The fourth-order valence-electron chi connectivity index (χ4n) is 2.45. The first kappa shape index (κ1) is 13.9. The summed E-state index contributed by atoms with van der Waals surface area (Å²) in [6, 6.07) is 3.95. The molecule has 2 aliphatic heterocycles. The Balaban J connectivity index is 1.90. The van der Waals surface area contributed by atoms with Crippen molar-refractivity contribution in [2.24, 2.45) is 9.98 Å². The van der Waals surface area contributed by atoms with E-state index >= 15 is 0 Å². The fraction of sp³-hybridized carbons (Fsp3) is 0.467. The zero-order chi connectivity index (χ0) is 14.8. The molecule has 6 nitrogen and oxygen atoms in total. The summed E-state index contributed by atoms with van der Waals surface area (Å²) in [6.45, 7) is 3.16. The molecule has 0 fully saturated rings. The maximum atomic E-state index is 5.82. The number of benzene rings is 1. The van der Waals surface area contributed by atoms with E-state index in [9.17, 15) is 0 Å². The third kappa shape index (κ3) is 2.58. The Morgan fingerprint density at radius 2 is 2.19 bits per heavy atom. The lowest BCUT2D eigenvalue weighted by molar-refractivity contribution is 0.251. The van der Waals surface area contributed by atoms with E-state index in [0.29, 0.717) is 12.4 Å². The molecule has 112 valence electrons. The monoisotopic (exact) mass is 288 g/mol. The molecule has 6 heteroatoms. The van der Waals surface area contributed by atoms with Crippen LogP contribution in [-0.4, -0.2) is 69.4 Å². The van der Waals surface area contributed by atoms with Gasteiger partial charge in [0.1, 0.15) is 18.1 Å². The smallest absolute Gasteiger partial charge is 0.187 e. The molecule has 0 aliphatic carbocycles. The van der Waals surface area contributed by atoms with E-state index < -0.39 is 0 Å². The van der Waals surface area contributed by atoms with Crippen LogP contribution in [0.25, 0.3) is 0 Å². The molecule has 1 aromatic carbocycles. The summed E-state index contributed by atoms with van der Waals surface area (Å²) in [7, 11) is 5.68. The predicted octanol–water partition coefficient (Wildman–Crippen LogP) is 1.37. The minimum Gasteiger partial charge on any atom is -0.491 e. The van der Waals surface area contributed by atoms with Crippen molar-refractivity contribution in [1.82, 2.24) is 9.80 Å². The largest absolute Gasteiger partial charge is 0.491 e. The third-order valence-corrected chi connectivity index (χ3v) is 3.54. The summed E-state index contributed by atoms with van der Waals surface area (Å²) in [4.78, 5) is 13.2. The number of methoxy groups -OCH3 is 1. The number of aliphatic imine (C=N–C) groups is 2. The van der Waals surface area contributed by atoms with Gasteiger partial charge < -0.3 is 19.3 Å². The molecule has 0 bridgehead atoms. The molecule has 0 unspecified atom stereocenters. The zero-order valence-electron chi connectivity index (χ0n) is 12.7. The van der Waals surface area contributed by atoms with Crippen LogP contribution in [0.1, 0.15) is 5.56 Å². The van der Waals surface area contributed by atoms with Gasteiger partial charge in [-0.05, 0) is 26.2 Å². The van der Waals surface area contributed by atoms with Crippen LogP contribution >= 0.6 is 0 Å². The SMILES string of the molecule is COc1c(OCCN(C)C)ccc2c1N=CN1CCN=C21. The standard InChI is InChI=1S/C15H20N4O2/c1-18(2)8-9-21-12-5-4-11-13(14(12)20-3)17-10-19-7-6-16-15(11)19/h4-5,10H,6-9H2,1-3H3. The van der Waals surface area contributed by atoms with Crippen molar-refractivity contribution in [1.29, 1.82) is 0 Å². The molecular weight excluding hydrogens is 268 g/mol. The van der Waals surface area contributed by atoms with Gasteiger partial charge in [0.25, 0.3) is 0 Å². The molecule has 0 saturated heterocycles. The van der Waals surface area contributed by atoms with E-state index in [2.05, 4.69) is 19.8 Å². The van der Waals surface area contributed by atoms with Gasteiger partial charge in [-0.25, -0.2) is 4.99 Å². The summed E-state index contributed by atoms with van der Waals surface area (Å²) in [6.07, 6.45) is 1.82. The highest BCUT2D eigenvalue weighted by Gasteiger charge is 2.27. The Bertz CT molecular complexity index is 596. The van der Waals surface area contributed by atoms with Crippen molar-refractivity contribution in [3.63, 3.8) is 0 Å². The molecule has 0 aromatic heterocycles. The van der Waals surface area contributed by atoms with Crippen molar-refractivity contribution in [2.45, 2.75) is 0 Å². The second kappa shape index (κ2) is 5.73. The van der Waals surface area contributed by atoms with Gasteiger partial charge in [-0.15, -0.1) is 0 Å². The molecule has 0 radical (unpaired) electrons. The predicted molar refractivity (Wildman–Crippen MR) is 83.3 cm³/mol. The first-order chi connectivity index (χ1) is 10.2. The maximum Gasteiger partial charge on any atom is 0.187 e. The molecule has 3 rings (SSSR count). The van der Waals surface area contributed by atoms with E-state index in [4.69, 9.17) is 9.47 Å². The van der Waals surface area contributed by atoms with Crippen LogP contribution < -0.4 is 9.47 Å². The summed E-state index contributed by atoms with van der Waals surface area (Å²) >= 11 is 0. The second-order valence-corrected chi connectivity index (χ2v) is 5.29. The second-order valence-electron chi connectivity index (χ2n) is 5.29. The van der Waals surface area contributed by atoms with Crippen molar-refractivity contribution >= 4 is 17.9 Å². The minimum absolute atomic E-state index is 0.610. The summed E-state index contributed by atoms with van der Waals surface area (Å²) in [5.41, 5.74) is 1.81. The first-order valence-electron chi connectivity index (χ1n) is 7.05. The number of amidine groups is 1. The molecule has 1 aromatic rings. The average molecular weight is 288 g/mol. The highest BCUT2D eigenvalue weighted by Crippen LogP contribution is 2.42. The van der Waals surface area contributed by atoms with Gasteiger partial charge in [0.05, 0.1) is 20.0 Å². The van der Waals surface area contributed by atoms with Crippen LogP contribution in [0.3, 0.4) is 0 Å². The molecule has 2 aliphatic rings. The lowest BCUT2D eigenvalue weighted by Crippen LogP contribution is -2.29. The molecular formula is C15H20N4O2. The zero-order valence-corrected chi connectivity index (χ0v) is 12.7. The number of ether oxygens (including phenoxy) is 2. The molecule has 0 saturated carbocycles. The van der Waals surface area contributed by atoms with Gasteiger partial charge in [0.2, 0.25) is 0 Å². The number of nitrogens with zero attached hydrogens (tertiary/aromatic N) is 4. The minimum atomic E-state index is 0.610. The highest BCUT2D eigenvalue weighted by molar-refractivity contribution is 6.12. The van der Waals surface area contributed by atoms with E-state index in [1.165, 1.54) is 0 Å². The average Bonchev–Trinajstić information content (AvgIpc) is 2.95. The number of hydrogen-bond donors (Lipinski definition) is 0. The number of fused-ring (bicyclic) bond motifs is 3. The summed E-state index contributed by atoms with van der Waals surface area (Å²) < 4.78 is 11.3. The molecule has 0 amide bonds. The summed E-state index contributed by atoms with van der Waals surface area (Å²) in [5.74, 6) is 2.37. The van der Waals surface area contributed by atoms with Gasteiger partial charge >= 0.3 is 0 Å². The first-order valence-corrected chi connectivity index (χ1v) is 7.05. The van der Waals surface area contributed by atoms with E-state index in [-0.39, 0.29) is 0 Å². The van der Waals surface area contributed by atoms with Crippen molar-refractivity contribution in [2.75, 3.05) is 47.4 Å². The van der Waals surface area contributed by atoms with Gasteiger partial charge in [0.15, 0.2) is 11.5 Å². The lowest BCUT2D eigenvalue weighted by atomic mass is 10.1. The lowest BCUT2D eigenvalue weighted by Gasteiger charge is -2.23. The summed E-state index contributed by atoms with van der Waals surface area (Å²) in [5, 5.41) is 0. The van der Waals surface area contributed by atoms with E-state index in [1.54, 1.807) is 7.11 Å². The Kier molecular flexibility index (Phi) is 3.79. The Labute approximate surface area is 124 Å². The Hall–Kier alpha value is -2.08. The number of rotatable bonds is 5. The van der Waals surface area contributed by atoms with Gasteiger partial charge in [-0.1, -0.05) is 0 Å². The Morgan fingerprint density at radius 1 is 1.33 bits per heavy atom. The normalized spacial score (nSPS) is 15.8. The van der Waals surface area contributed by atoms with Gasteiger partial charge in [-0.3, -0.25) is 4.99 Å². The van der Waals surface area contributed by atoms with Crippen LogP contribution in [0.15, 0.2) is 22.1 Å². The highest BCUT2D eigenvalue weighted by atomic mass is 16.5. The van der Waals surface area contributed by atoms with Crippen LogP contribution in [-0.2, 0) is 0 Å². The molecule has 0 N–H and O–H groups in total. The Morgan fingerprint density at radius 3 is 2.95 bits per heavy atom. The molecule has 2 heterocycles. The van der Waals surface area contributed by atoms with Crippen LogP contribution in [0.4, 0.5) is 5.69 Å². The van der Waals surface area contributed by atoms with Gasteiger partial charge in [0, 0.05) is 18.7 Å².